The van der Waals surface area contributed by atoms with E-state index in [2.05, 4.69) is 121 Å². The van der Waals surface area contributed by atoms with Crippen molar-refractivity contribution in [2.45, 2.75) is 201 Å². The van der Waals surface area contributed by atoms with E-state index < -0.39 is 22.2 Å². The van der Waals surface area contributed by atoms with E-state index in [4.69, 9.17) is 8.85 Å². The fourth-order valence-electron chi connectivity index (χ4n) is 8.89. The summed E-state index contributed by atoms with van der Waals surface area (Å²) in [6, 6.07) is 0. The number of hydrogen-bond acceptors (Lipinski definition) is 3. The smallest absolute Gasteiger partial charge is 0.192 e. The van der Waals surface area contributed by atoms with E-state index in [1.165, 1.54) is 37.7 Å². The number of aliphatic hydroxyl groups is 1. The quantitative estimate of drug-likeness (QED) is 0.164. The van der Waals surface area contributed by atoms with Crippen LogP contribution in [0, 0.1) is 29.1 Å². The maximum Gasteiger partial charge on any atom is 0.192 e. The van der Waals surface area contributed by atoms with E-state index in [0.717, 1.165) is 50.0 Å². The van der Waals surface area contributed by atoms with E-state index in [1.807, 2.05) is 0 Å². The summed E-state index contributed by atoms with van der Waals surface area (Å²) in [6.45, 7) is 40.0. The molecule has 0 aromatic carbocycles. The first-order valence-electron chi connectivity index (χ1n) is 19.6. The van der Waals surface area contributed by atoms with Crippen LogP contribution in [0.1, 0.15) is 147 Å². The van der Waals surface area contributed by atoms with Crippen LogP contribution in [0.15, 0.2) is 35.5 Å². The van der Waals surface area contributed by atoms with E-state index in [0.29, 0.717) is 23.2 Å². The van der Waals surface area contributed by atoms with E-state index in [1.54, 1.807) is 5.57 Å². The minimum atomic E-state index is -1.99. The van der Waals surface area contributed by atoms with Gasteiger partial charge in [0.15, 0.2) is 16.6 Å². The van der Waals surface area contributed by atoms with Crippen molar-refractivity contribution in [1.29, 1.82) is 0 Å². The van der Waals surface area contributed by atoms with Gasteiger partial charge in [0.1, 0.15) is 0 Å². The Morgan fingerprint density at radius 3 is 1.85 bits per heavy atom. The van der Waals surface area contributed by atoms with Gasteiger partial charge in [-0.3, -0.25) is 0 Å². The van der Waals surface area contributed by atoms with Gasteiger partial charge in [0.05, 0.1) is 17.8 Å². The molecule has 3 aliphatic rings. The maximum atomic E-state index is 11.3. The highest BCUT2D eigenvalue weighted by molar-refractivity contribution is 6.74. The fourth-order valence-corrected chi connectivity index (χ4v) is 11.5. The molecule has 0 amide bonds. The van der Waals surface area contributed by atoms with E-state index in [9.17, 15) is 5.11 Å². The molecule has 0 spiro atoms. The Morgan fingerprint density at radius 1 is 0.894 bits per heavy atom. The molecular weight excluding hydrogens is 609 g/mol. The van der Waals surface area contributed by atoms with Gasteiger partial charge in [0.2, 0.25) is 0 Å². The predicted octanol–water partition coefficient (Wildman–Crippen LogP) is 12.8. The zero-order valence-electron chi connectivity index (χ0n) is 33.9. The SMILES string of the molecule is C=C1[C@H](O[Si](C)(C)C(C)(C)C)CC(=C/C=C2\CCC[C@]3(C)[C@@H]([C@H](C)[C@@H](CC)CC(O)(CC)CC)CC[C@@H]23)C[C@H]1O[Si](C)(C)C(C)(C)C. The van der Waals surface area contributed by atoms with Crippen molar-refractivity contribution < 1.29 is 14.0 Å². The van der Waals surface area contributed by atoms with Crippen LogP contribution in [0.2, 0.25) is 36.3 Å². The number of allylic oxidation sites excluding steroid dienone is 3. The molecule has 47 heavy (non-hydrogen) atoms. The van der Waals surface area contributed by atoms with Crippen molar-refractivity contribution in [2.24, 2.45) is 29.1 Å². The topological polar surface area (TPSA) is 38.7 Å². The van der Waals surface area contributed by atoms with Crippen molar-refractivity contribution in [3.05, 3.63) is 35.5 Å². The molecular formula is C42H78O3Si2. The molecule has 0 radical (unpaired) electrons. The van der Waals surface area contributed by atoms with Gasteiger partial charge in [-0.2, -0.15) is 0 Å². The highest BCUT2D eigenvalue weighted by atomic mass is 28.4. The van der Waals surface area contributed by atoms with Crippen LogP contribution < -0.4 is 0 Å². The molecule has 3 fully saturated rings. The van der Waals surface area contributed by atoms with Crippen LogP contribution >= 0.6 is 0 Å². The standard InChI is InChI=1S/C42H78O3Si2/c1-17-33(29-42(43,18-2)19-3)30(4)35-24-25-36-34(21-20-26-41(35,36)12)23-22-32-27-37(44-46(13,14)39(6,7)8)31(5)38(28-32)45-47(15,16)40(9,10)11/h22-23,30,33,35-38,43H,5,17-21,24-29H2,1-4,6-16H3/b34-23+/t30-,33+,35-,36+,37-,38-,41-/m1/s1. The summed E-state index contributed by atoms with van der Waals surface area (Å²) in [5, 5.41) is 11.6. The lowest BCUT2D eigenvalue weighted by atomic mass is 9.59. The summed E-state index contributed by atoms with van der Waals surface area (Å²) >= 11 is 0. The van der Waals surface area contributed by atoms with Crippen LogP contribution in [-0.2, 0) is 8.85 Å². The molecule has 3 nitrogen and oxygen atoms in total. The average molecular weight is 687 g/mol. The Kier molecular flexibility index (Phi) is 13.1. The van der Waals surface area contributed by atoms with Crippen LogP contribution in [0.25, 0.3) is 0 Å². The molecule has 0 heterocycles. The second-order valence-electron chi connectivity index (χ2n) is 19.5. The molecule has 0 unspecified atom stereocenters. The van der Waals surface area contributed by atoms with Crippen LogP contribution in [-0.4, -0.2) is 39.6 Å². The van der Waals surface area contributed by atoms with Gasteiger partial charge < -0.3 is 14.0 Å². The van der Waals surface area contributed by atoms with Gasteiger partial charge in [0, 0.05) is 0 Å². The lowest BCUT2D eigenvalue weighted by molar-refractivity contribution is -0.0162. The Labute approximate surface area is 295 Å². The monoisotopic (exact) mass is 687 g/mol. The predicted molar refractivity (Wildman–Crippen MR) is 210 cm³/mol. The van der Waals surface area contributed by atoms with Crippen LogP contribution in [0.4, 0.5) is 0 Å². The molecule has 3 aliphatic carbocycles. The van der Waals surface area contributed by atoms with Crippen molar-refractivity contribution in [1.82, 2.24) is 0 Å². The number of rotatable bonds is 12. The Bertz CT molecular complexity index is 1090. The van der Waals surface area contributed by atoms with Gasteiger partial charge >= 0.3 is 0 Å². The van der Waals surface area contributed by atoms with Crippen molar-refractivity contribution in [2.75, 3.05) is 0 Å². The van der Waals surface area contributed by atoms with Gasteiger partial charge in [-0.05, 0) is 135 Å². The lowest BCUT2D eigenvalue weighted by Gasteiger charge is -2.47. The summed E-state index contributed by atoms with van der Waals surface area (Å²) in [7, 11) is -3.97. The highest BCUT2D eigenvalue weighted by Gasteiger charge is 2.52. The average Bonchev–Trinajstić information content (AvgIpc) is 3.32. The molecule has 0 bridgehead atoms. The van der Waals surface area contributed by atoms with Crippen LogP contribution in [0.5, 0.6) is 0 Å². The minimum absolute atomic E-state index is 0.0215. The molecule has 0 aromatic heterocycles. The van der Waals surface area contributed by atoms with Gasteiger partial charge in [-0.25, -0.2) is 0 Å². The molecule has 0 aromatic rings. The summed E-state index contributed by atoms with van der Waals surface area (Å²) in [5.41, 5.74) is 4.15. The first-order chi connectivity index (χ1) is 21.4. The second kappa shape index (κ2) is 15.0. The Balaban J connectivity index is 1.90. The molecule has 3 rings (SSSR count). The van der Waals surface area contributed by atoms with Crippen molar-refractivity contribution in [3.8, 4) is 0 Å². The Hall–Kier alpha value is -0.466. The second-order valence-corrected chi connectivity index (χ2v) is 29.1. The number of fused-ring (bicyclic) bond motifs is 1. The third-order valence-electron chi connectivity index (χ3n) is 14.6. The maximum absolute atomic E-state index is 11.3. The summed E-state index contributed by atoms with van der Waals surface area (Å²) in [5.74, 6) is 2.63. The molecule has 0 aliphatic heterocycles. The van der Waals surface area contributed by atoms with Gasteiger partial charge in [-0.15, -0.1) is 0 Å². The molecule has 7 atom stereocenters. The summed E-state index contributed by atoms with van der Waals surface area (Å²) < 4.78 is 14.2. The van der Waals surface area contributed by atoms with E-state index in [-0.39, 0.29) is 22.3 Å². The third kappa shape index (κ3) is 9.07. The first-order valence-corrected chi connectivity index (χ1v) is 25.4. The van der Waals surface area contributed by atoms with Gasteiger partial charge in [0.25, 0.3) is 0 Å². The minimum Gasteiger partial charge on any atom is -0.410 e. The summed E-state index contributed by atoms with van der Waals surface area (Å²) in [6.07, 6.45) is 17.3. The molecule has 5 heteroatoms. The van der Waals surface area contributed by atoms with E-state index >= 15 is 0 Å². The largest absolute Gasteiger partial charge is 0.410 e. The zero-order chi connectivity index (χ0) is 35.8. The summed E-state index contributed by atoms with van der Waals surface area (Å²) in [4.78, 5) is 0. The molecule has 272 valence electrons. The van der Waals surface area contributed by atoms with Gasteiger partial charge in [-0.1, -0.05) is 112 Å². The molecule has 1 N–H and O–H groups in total. The Morgan fingerprint density at radius 2 is 1.40 bits per heavy atom. The highest BCUT2D eigenvalue weighted by Crippen LogP contribution is 2.61. The molecule has 0 saturated heterocycles. The third-order valence-corrected chi connectivity index (χ3v) is 23.6. The fraction of sp³-hybridized carbons (Fsp3) is 0.857. The zero-order valence-corrected chi connectivity index (χ0v) is 35.9. The molecule has 3 saturated carbocycles. The first kappa shape index (κ1) is 41.0. The van der Waals surface area contributed by atoms with Crippen molar-refractivity contribution >= 4 is 16.6 Å². The van der Waals surface area contributed by atoms with Crippen LogP contribution in [0.3, 0.4) is 0 Å². The number of hydrogen-bond donors (Lipinski definition) is 1. The van der Waals surface area contributed by atoms with Crippen molar-refractivity contribution in [3.63, 3.8) is 0 Å². The normalized spacial score (nSPS) is 30.4. The lowest BCUT2D eigenvalue weighted by Crippen LogP contribution is -2.49.